The predicted molar refractivity (Wildman–Crippen MR) is 87.0 cm³/mol. The van der Waals surface area contributed by atoms with Gasteiger partial charge < -0.3 is 10.1 Å². The van der Waals surface area contributed by atoms with Crippen LogP contribution >= 0.6 is 15.9 Å². The van der Waals surface area contributed by atoms with Gasteiger partial charge in [0.2, 0.25) is 5.88 Å². The molecule has 116 valence electrons. The first-order valence-corrected chi connectivity index (χ1v) is 7.96. The normalized spacial score (nSPS) is 13.9. The van der Waals surface area contributed by atoms with Gasteiger partial charge in [-0.05, 0) is 40.3 Å². The molecule has 3 rings (SSSR count). The topological polar surface area (TPSA) is 69.0 Å². The molecular formula is C15H17BrN4O2. The highest BCUT2D eigenvalue weighted by Gasteiger charge is 2.22. The molecule has 2 aromatic rings. The van der Waals surface area contributed by atoms with E-state index in [1.54, 1.807) is 19.4 Å². The molecule has 0 radical (unpaired) electrons. The molecule has 0 unspecified atom stereocenters. The van der Waals surface area contributed by atoms with Crippen LogP contribution in [0.25, 0.3) is 0 Å². The number of hydrogen-bond donors (Lipinski definition) is 1. The Bertz CT molecular complexity index is 710. The molecular weight excluding hydrogens is 348 g/mol. The Morgan fingerprint density at radius 3 is 2.91 bits per heavy atom. The lowest BCUT2D eigenvalue weighted by molar-refractivity contribution is 0.288. The molecule has 0 amide bonds. The molecule has 2 heterocycles. The third-order valence-corrected chi connectivity index (χ3v) is 4.29. The summed E-state index contributed by atoms with van der Waals surface area (Å²) < 4.78 is 7.36. The lowest BCUT2D eigenvalue weighted by Crippen LogP contribution is -2.21. The highest BCUT2D eigenvalue weighted by Crippen LogP contribution is 2.29. The monoisotopic (exact) mass is 364 g/mol. The van der Waals surface area contributed by atoms with Crippen LogP contribution in [0, 0.1) is 5.92 Å². The lowest BCUT2D eigenvalue weighted by atomic mass is 10.3. The van der Waals surface area contributed by atoms with E-state index in [4.69, 9.17) is 4.74 Å². The second kappa shape index (κ2) is 6.48. The quantitative estimate of drug-likeness (QED) is 0.851. The van der Waals surface area contributed by atoms with Crippen LogP contribution in [-0.2, 0) is 13.6 Å². The van der Waals surface area contributed by atoms with E-state index < -0.39 is 0 Å². The van der Waals surface area contributed by atoms with Gasteiger partial charge >= 0.3 is 0 Å². The Morgan fingerprint density at radius 1 is 1.41 bits per heavy atom. The highest BCUT2D eigenvalue weighted by atomic mass is 79.9. The van der Waals surface area contributed by atoms with Crippen molar-refractivity contribution >= 4 is 21.6 Å². The smallest absolute Gasteiger partial charge is 0.282 e. The van der Waals surface area contributed by atoms with E-state index >= 15 is 0 Å². The molecule has 7 heteroatoms. The zero-order chi connectivity index (χ0) is 15.5. The van der Waals surface area contributed by atoms with Gasteiger partial charge in [-0.3, -0.25) is 4.79 Å². The molecule has 0 saturated heterocycles. The Labute approximate surface area is 136 Å². The Morgan fingerprint density at radius 2 is 2.23 bits per heavy atom. The van der Waals surface area contributed by atoms with Crippen molar-refractivity contribution in [2.24, 2.45) is 13.0 Å². The molecule has 0 aromatic carbocycles. The fourth-order valence-electron chi connectivity index (χ4n) is 1.92. The van der Waals surface area contributed by atoms with Crippen LogP contribution in [0.5, 0.6) is 5.88 Å². The predicted octanol–water partition coefficient (Wildman–Crippen LogP) is 2.34. The number of aromatic nitrogens is 3. The van der Waals surface area contributed by atoms with E-state index in [-0.39, 0.29) is 5.56 Å². The summed E-state index contributed by atoms with van der Waals surface area (Å²) in [7, 11) is 1.61. The minimum atomic E-state index is -0.174. The summed E-state index contributed by atoms with van der Waals surface area (Å²) in [6.07, 6.45) is 5.92. The average Bonchev–Trinajstić information content (AvgIpc) is 3.35. The van der Waals surface area contributed by atoms with Crippen molar-refractivity contribution in [2.45, 2.75) is 19.4 Å². The molecule has 1 fully saturated rings. The molecule has 0 atom stereocenters. The lowest BCUT2D eigenvalue weighted by Gasteiger charge is -2.09. The van der Waals surface area contributed by atoms with Crippen molar-refractivity contribution in [1.29, 1.82) is 0 Å². The molecule has 6 nitrogen and oxygen atoms in total. The van der Waals surface area contributed by atoms with Crippen molar-refractivity contribution in [3.05, 3.63) is 44.9 Å². The number of nitrogens with zero attached hydrogens (tertiary/aromatic N) is 3. The van der Waals surface area contributed by atoms with Crippen LogP contribution in [0.1, 0.15) is 18.4 Å². The zero-order valence-corrected chi connectivity index (χ0v) is 13.8. The minimum Gasteiger partial charge on any atom is -0.477 e. The van der Waals surface area contributed by atoms with Crippen LogP contribution in [-0.4, -0.2) is 21.4 Å². The largest absolute Gasteiger partial charge is 0.477 e. The number of nitrogens with one attached hydrogen (secondary N) is 1. The summed E-state index contributed by atoms with van der Waals surface area (Å²) in [5.41, 5.74) is 1.50. The third-order valence-electron chi connectivity index (χ3n) is 3.52. The number of ether oxygens (including phenoxy) is 1. The first-order valence-electron chi connectivity index (χ1n) is 7.17. The van der Waals surface area contributed by atoms with E-state index in [0.717, 1.165) is 12.2 Å². The van der Waals surface area contributed by atoms with Gasteiger partial charge in [-0.1, -0.05) is 6.07 Å². The number of anilines is 1. The highest BCUT2D eigenvalue weighted by molar-refractivity contribution is 9.10. The van der Waals surface area contributed by atoms with E-state index in [9.17, 15) is 4.79 Å². The van der Waals surface area contributed by atoms with E-state index in [0.29, 0.717) is 28.5 Å². The molecule has 0 bridgehead atoms. The first kappa shape index (κ1) is 15.0. The summed E-state index contributed by atoms with van der Waals surface area (Å²) in [6.45, 7) is 1.32. The molecule has 1 N–H and O–H groups in total. The van der Waals surface area contributed by atoms with Crippen LogP contribution in [0.15, 0.2) is 33.8 Å². The van der Waals surface area contributed by atoms with Crippen LogP contribution in [0.4, 0.5) is 5.69 Å². The Hall–Kier alpha value is -1.89. The van der Waals surface area contributed by atoms with Gasteiger partial charge in [-0.15, -0.1) is 0 Å². The number of hydrogen-bond acceptors (Lipinski definition) is 5. The average molecular weight is 365 g/mol. The van der Waals surface area contributed by atoms with Crippen LogP contribution < -0.4 is 15.6 Å². The second-order valence-electron chi connectivity index (χ2n) is 5.41. The van der Waals surface area contributed by atoms with Crippen molar-refractivity contribution in [1.82, 2.24) is 14.8 Å². The van der Waals surface area contributed by atoms with Gasteiger partial charge in [0.05, 0.1) is 18.5 Å². The minimum absolute atomic E-state index is 0.174. The van der Waals surface area contributed by atoms with Gasteiger partial charge in [0, 0.05) is 25.9 Å². The molecule has 22 heavy (non-hydrogen) atoms. The number of aryl methyl sites for hydroxylation is 1. The van der Waals surface area contributed by atoms with Crippen molar-refractivity contribution in [3.63, 3.8) is 0 Å². The molecule has 1 saturated carbocycles. The zero-order valence-electron chi connectivity index (χ0n) is 12.3. The van der Waals surface area contributed by atoms with Gasteiger partial charge in [0.1, 0.15) is 4.47 Å². The van der Waals surface area contributed by atoms with E-state index in [2.05, 4.69) is 31.3 Å². The number of rotatable bonds is 6. The molecule has 0 aliphatic heterocycles. The fraction of sp³-hybridized carbons (Fsp3) is 0.400. The first-order chi connectivity index (χ1) is 10.6. The van der Waals surface area contributed by atoms with E-state index in [1.165, 1.54) is 17.5 Å². The van der Waals surface area contributed by atoms with Crippen LogP contribution in [0.3, 0.4) is 0 Å². The van der Waals surface area contributed by atoms with Crippen molar-refractivity contribution in [2.75, 3.05) is 11.9 Å². The summed E-state index contributed by atoms with van der Waals surface area (Å²) >= 11 is 3.28. The standard InChI is InChI=1S/C15H17BrN4O2/c1-20-15(21)14(16)12(8-19-20)17-6-11-4-5-13(18-7-11)22-9-10-2-3-10/h4-5,7-8,10,17H,2-3,6,9H2,1H3. The SMILES string of the molecule is Cn1ncc(NCc2ccc(OCC3CC3)nc2)c(Br)c1=O. The number of halogens is 1. The maximum absolute atomic E-state index is 11.8. The molecule has 1 aliphatic rings. The van der Waals surface area contributed by atoms with Gasteiger partial charge in [0.25, 0.3) is 5.56 Å². The van der Waals surface area contributed by atoms with Crippen LogP contribution in [0.2, 0.25) is 0 Å². The van der Waals surface area contributed by atoms with Gasteiger partial charge in [-0.2, -0.15) is 5.10 Å². The molecule has 2 aromatic heterocycles. The Kier molecular flexibility index (Phi) is 4.42. The summed E-state index contributed by atoms with van der Waals surface area (Å²) in [4.78, 5) is 16.1. The third kappa shape index (κ3) is 3.65. The van der Waals surface area contributed by atoms with Gasteiger partial charge in [-0.25, -0.2) is 9.67 Å². The maximum Gasteiger partial charge on any atom is 0.282 e. The van der Waals surface area contributed by atoms with E-state index in [1.807, 2.05) is 12.1 Å². The van der Waals surface area contributed by atoms with Crippen molar-refractivity contribution < 1.29 is 4.74 Å². The second-order valence-corrected chi connectivity index (χ2v) is 6.21. The molecule has 1 aliphatic carbocycles. The summed E-state index contributed by atoms with van der Waals surface area (Å²) in [6, 6.07) is 3.83. The van der Waals surface area contributed by atoms with Crippen molar-refractivity contribution in [3.8, 4) is 5.88 Å². The Balaban J connectivity index is 1.59. The maximum atomic E-state index is 11.8. The number of pyridine rings is 1. The summed E-state index contributed by atoms with van der Waals surface area (Å²) in [5, 5.41) is 7.16. The summed E-state index contributed by atoms with van der Waals surface area (Å²) in [5.74, 6) is 1.38. The van der Waals surface area contributed by atoms with Gasteiger partial charge in [0.15, 0.2) is 0 Å². The fourth-order valence-corrected chi connectivity index (χ4v) is 2.42. The molecule has 0 spiro atoms.